The van der Waals surface area contributed by atoms with Crippen LogP contribution in [0.1, 0.15) is 31.2 Å². The maximum absolute atomic E-state index is 5.16. The highest BCUT2D eigenvalue weighted by atomic mass is 16.5. The van der Waals surface area contributed by atoms with Crippen LogP contribution >= 0.6 is 0 Å². The maximum Gasteiger partial charge on any atom is 0.118 e. The second kappa shape index (κ2) is 7.51. The van der Waals surface area contributed by atoms with E-state index in [4.69, 9.17) is 4.74 Å². The zero-order valence-corrected chi connectivity index (χ0v) is 12.1. The van der Waals surface area contributed by atoms with E-state index >= 15 is 0 Å². The van der Waals surface area contributed by atoms with Crippen molar-refractivity contribution in [1.29, 1.82) is 0 Å². The highest BCUT2D eigenvalue weighted by molar-refractivity contribution is 5.26. The number of nitrogens with one attached hydrogen (secondary N) is 2. The van der Waals surface area contributed by atoms with Crippen molar-refractivity contribution < 1.29 is 4.74 Å². The molecule has 1 aliphatic carbocycles. The Morgan fingerprint density at radius 2 is 1.79 bits per heavy atom. The van der Waals surface area contributed by atoms with Gasteiger partial charge in [-0.25, -0.2) is 0 Å². The van der Waals surface area contributed by atoms with E-state index in [1.807, 2.05) is 12.1 Å². The van der Waals surface area contributed by atoms with E-state index in [9.17, 15) is 0 Å². The summed E-state index contributed by atoms with van der Waals surface area (Å²) in [6.45, 7) is 2.10. The van der Waals surface area contributed by atoms with Gasteiger partial charge in [0.2, 0.25) is 0 Å². The van der Waals surface area contributed by atoms with Gasteiger partial charge in [0.25, 0.3) is 0 Å². The van der Waals surface area contributed by atoms with Gasteiger partial charge in [-0.2, -0.15) is 0 Å². The molecule has 0 amide bonds. The van der Waals surface area contributed by atoms with Crippen molar-refractivity contribution >= 4 is 0 Å². The molecule has 0 unspecified atom stereocenters. The lowest BCUT2D eigenvalue weighted by atomic mass is 9.86. The molecule has 3 heteroatoms. The van der Waals surface area contributed by atoms with E-state index < -0.39 is 0 Å². The summed E-state index contributed by atoms with van der Waals surface area (Å²) in [5.74, 6) is 1.77. The first-order valence-corrected chi connectivity index (χ1v) is 7.32. The summed E-state index contributed by atoms with van der Waals surface area (Å²) in [6.07, 6.45) is 5.35. The van der Waals surface area contributed by atoms with E-state index in [0.29, 0.717) is 0 Å². The molecule has 1 aromatic rings. The molecular weight excluding hydrogens is 236 g/mol. The van der Waals surface area contributed by atoms with Crippen molar-refractivity contribution in [2.75, 3.05) is 20.7 Å². The fourth-order valence-electron chi connectivity index (χ4n) is 2.82. The predicted octanol–water partition coefficient (Wildman–Crippen LogP) is 2.56. The van der Waals surface area contributed by atoms with Gasteiger partial charge in [0.1, 0.15) is 5.75 Å². The maximum atomic E-state index is 5.16. The number of hydrogen-bond acceptors (Lipinski definition) is 3. The third kappa shape index (κ3) is 4.51. The molecule has 0 atom stereocenters. The van der Waals surface area contributed by atoms with Crippen molar-refractivity contribution in [3.63, 3.8) is 0 Å². The van der Waals surface area contributed by atoms with Crippen molar-refractivity contribution in [1.82, 2.24) is 10.6 Å². The summed E-state index contributed by atoms with van der Waals surface area (Å²) >= 11 is 0. The summed E-state index contributed by atoms with van der Waals surface area (Å²) in [4.78, 5) is 0. The summed E-state index contributed by atoms with van der Waals surface area (Å²) in [5, 5.41) is 6.97. The van der Waals surface area contributed by atoms with Gasteiger partial charge in [0.05, 0.1) is 7.11 Å². The molecule has 0 bridgehead atoms. The molecule has 0 aromatic heterocycles. The lowest BCUT2D eigenvalue weighted by molar-refractivity contribution is 0.292. The van der Waals surface area contributed by atoms with Crippen LogP contribution < -0.4 is 15.4 Å². The van der Waals surface area contributed by atoms with E-state index in [2.05, 4.69) is 29.8 Å². The molecule has 3 nitrogen and oxygen atoms in total. The average molecular weight is 262 g/mol. The quantitative estimate of drug-likeness (QED) is 0.826. The van der Waals surface area contributed by atoms with Crippen LogP contribution in [0.4, 0.5) is 0 Å². The van der Waals surface area contributed by atoms with Gasteiger partial charge in [-0.15, -0.1) is 0 Å². The Kier molecular flexibility index (Phi) is 5.67. The van der Waals surface area contributed by atoms with Gasteiger partial charge in [-0.05, 0) is 62.9 Å². The van der Waals surface area contributed by atoms with Crippen molar-refractivity contribution in [2.24, 2.45) is 5.92 Å². The zero-order valence-electron chi connectivity index (χ0n) is 12.1. The molecule has 19 heavy (non-hydrogen) atoms. The molecule has 1 fully saturated rings. The highest BCUT2D eigenvalue weighted by Gasteiger charge is 2.19. The van der Waals surface area contributed by atoms with Crippen LogP contribution in [-0.4, -0.2) is 26.7 Å². The van der Waals surface area contributed by atoms with Crippen LogP contribution in [-0.2, 0) is 6.54 Å². The smallest absolute Gasteiger partial charge is 0.118 e. The van der Waals surface area contributed by atoms with Crippen LogP contribution in [0.2, 0.25) is 0 Å². The molecule has 0 heterocycles. The van der Waals surface area contributed by atoms with Gasteiger partial charge >= 0.3 is 0 Å². The number of benzene rings is 1. The fraction of sp³-hybridized carbons (Fsp3) is 0.625. The van der Waals surface area contributed by atoms with Crippen LogP contribution in [0.5, 0.6) is 5.75 Å². The first-order chi connectivity index (χ1) is 9.31. The topological polar surface area (TPSA) is 33.3 Å². The first kappa shape index (κ1) is 14.4. The van der Waals surface area contributed by atoms with Gasteiger partial charge in [0, 0.05) is 12.6 Å². The van der Waals surface area contributed by atoms with Crippen LogP contribution in [0.25, 0.3) is 0 Å². The van der Waals surface area contributed by atoms with Crippen LogP contribution in [0, 0.1) is 5.92 Å². The Morgan fingerprint density at radius 1 is 1.11 bits per heavy atom. The van der Waals surface area contributed by atoms with Crippen molar-refractivity contribution in [3.8, 4) is 5.75 Å². The number of methoxy groups -OCH3 is 1. The van der Waals surface area contributed by atoms with E-state index in [1.165, 1.54) is 31.2 Å². The van der Waals surface area contributed by atoms with Crippen molar-refractivity contribution in [2.45, 2.75) is 38.3 Å². The summed E-state index contributed by atoms with van der Waals surface area (Å²) < 4.78 is 5.16. The molecule has 0 spiro atoms. The third-order valence-corrected chi connectivity index (χ3v) is 4.18. The SMILES string of the molecule is CNC1CCC(CNCc2ccc(OC)cc2)CC1. The molecule has 106 valence electrons. The Morgan fingerprint density at radius 3 is 2.37 bits per heavy atom. The Balaban J connectivity index is 1.66. The minimum Gasteiger partial charge on any atom is -0.497 e. The standard InChI is InChI=1S/C16H26N2O/c1-17-15-7-3-13(4-8-15)11-18-12-14-5-9-16(19-2)10-6-14/h5-6,9-10,13,15,17-18H,3-4,7-8,11-12H2,1-2H3. The molecule has 0 saturated heterocycles. The summed E-state index contributed by atoms with van der Waals surface area (Å²) in [6, 6.07) is 9.05. The average Bonchev–Trinajstić information content (AvgIpc) is 2.49. The molecule has 1 saturated carbocycles. The molecule has 1 aromatic carbocycles. The molecule has 2 N–H and O–H groups in total. The summed E-state index contributed by atoms with van der Waals surface area (Å²) in [5.41, 5.74) is 1.32. The van der Waals surface area contributed by atoms with Gasteiger partial charge in [0.15, 0.2) is 0 Å². The minimum atomic E-state index is 0.748. The zero-order chi connectivity index (χ0) is 13.5. The second-order valence-corrected chi connectivity index (χ2v) is 5.49. The van der Waals surface area contributed by atoms with E-state index in [-0.39, 0.29) is 0 Å². The molecule has 1 aliphatic rings. The first-order valence-electron chi connectivity index (χ1n) is 7.32. The Labute approximate surface area is 116 Å². The molecule has 0 aliphatic heterocycles. The van der Waals surface area contributed by atoms with Gasteiger partial charge in [-0.3, -0.25) is 0 Å². The van der Waals surface area contributed by atoms with Gasteiger partial charge in [-0.1, -0.05) is 12.1 Å². The van der Waals surface area contributed by atoms with Gasteiger partial charge < -0.3 is 15.4 Å². The Hall–Kier alpha value is -1.06. The monoisotopic (exact) mass is 262 g/mol. The summed E-state index contributed by atoms with van der Waals surface area (Å²) in [7, 11) is 3.78. The van der Waals surface area contributed by atoms with Crippen LogP contribution in [0.15, 0.2) is 24.3 Å². The normalized spacial score (nSPS) is 23.3. The predicted molar refractivity (Wildman–Crippen MR) is 79.5 cm³/mol. The third-order valence-electron chi connectivity index (χ3n) is 4.18. The minimum absolute atomic E-state index is 0.748. The van der Waals surface area contributed by atoms with Crippen molar-refractivity contribution in [3.05, 3.63) is 29.8 Å². The highest BCUT2D eigenvalue weighted by Crippen LogP contribution is 2.23. The number of ether oxygens (including phenoxy) is 1. The second-order valence-electron chi connectivity index (χ2n) is 5.49. The molecule has 0 radical (unpaired) electrons. The Bertz CT molecular complexity index is 356. The lowest BCUT2D eigenvalue weighted by Crippen LogP contribution is -2.33. The molecular formula is C16H26N2O. The number of rotatable bonds is 6. The van der Waals surface area contributed by atoms with E-state index in [0.717, 1.165) is 30.8 Å². The van der Waals surface area contributed by atoms with Crippen LogP contribution in [0.3, 0.4) is 0 Å². The number of hydrogen-bond donors (Lipinski definition) is 2. The fourth-order valence-corrected chi connectivity index (χ4v) is 2.82. The lowest BCUT2D eigenvalue weighted by Gasteiger charge is -2.28. The van der Waals surface area contributed by atoms with E-state index in [1.54, 1.807) is 7.11 Å². The largest absolute Gasteiger partial charge is 0.497 e. The molecule has 2 rings (SSSR count).